The molecule has 0 saturated heterocycles. The lowest BCUT2D eigenvalue weighted by Crippen LogP contribution is -1.97. The Morgan fingerprint density at radius 2 is 2.13 bits per heavy atom. The molecule has 0 unspecified atom stereocenters. The molecule has 23 heavy (non-hydrogen) atoms. The van der Waals surface area contributed by atoms with Crippen molar-refractivity contribution in [2.45, 2.75) is 24.8 Å². The molecule has 0 saturated carbocycles. The van der Waals surface area contributed by atoms with Crippen molar-refractivity contribution in [3.05, 3.63) is 41.9 Å². The Morgan fingerprint density at radius 1 is 1.22 bits per heavy atom. The molecule has 4 aromatic rings. The van der Waals surface area contributed by atoms with Gasteiger partial charge >= 0.3 is 0 Å². The molecule has 0 N–H and O–H groups in total. The van der Waals surface area contributed by atoms with Crippen LogP contribution in [0.5, 0.6) is 0 Å². The van der Waals surface area contributed by atoms with E-state index in [-0.39, 0.29) is 0 Å². The van der Waals surface area contributed by atoms with E-state index in [9.17, 15) is 0 Å². The number of furan rings is 1. The van der Waals surface area contributed by atoms with E-state index in [0.717, 1.165) is 17.0 Å². The number of hydrogen-bond donors (Lipinski definition) is 0. The predicted octanol–water partition coefficient (Wildman–Crippen LogP) is 2.68. The molecule has 0 aliphatic heterocycles. The number of hydrogen-bond acceptors (Lipinski definition) is 8. The van der Waals surface area contributed by atoms with Gasteiger partial charge in [0, 0.05) is 11.4 Å². The van der Waals surface area contributed by atoms with Gasteiger partial charge in [0.25, 0.3) is 11.7 Å². The minimum atomic E-state index is 0.436. The van der Waals surface area contributed by atoms with E-state index >= 15 is 0 Å². The first-order valence-corrected chi connectivity index (χ1v) is 7.86. The topological polar surface area (TPSA) is 95.1 Å². The highest BCUT2D eigenvalue weighted by molar-refractivity contribution is 7.98. The molecule has 0 radical (unpaired) electrons. The standard InChI is InChI=1S/C14H12N6O2S/c1-8-5-9(2)20-13(15-8)17-14(18-20)23-7-11-16-12(22-19-11)10-3-4-21-6-10/h3-6H,7H2,1-2H3. The molecule has 4 rings (SSSR count). The molecule has 8 nitrogen and oxygen atoms in total. The number of nitrogens with zero attached hydrogens (tertiary/aromatic N) is 6. The monoisotopic (exact) mass is 328 g/mol. The molecule has 0 atom stereocenters. The Hall–Kier alpha value is -2.68. The summed E-state index contributed by atoms with van der Waals surface area (Å²) in [7, 11) is 0. The summed E-state index contributed by atoms with van der Waals surface area (Å²) in [6.45, 7) is 3.91. The Balaban J connectivity index is 1.52. The molecule has 0 aliphatic rings. The van der Waals surface area contributed by atoms with Crippen molar-refractivity contribution in [1.29, 1.82) is 0 Å². The third-order valence-electron chi connectivity index (χ3n) is 3.17. The van der Waals surface area contributed by atoms with Crippen molar-refractivity contribution in [3.63, 3.8) is 0 Å². The Morgan fingerprint density at radius 3 is 2.96 bits per heavy atom. The molecule has 0 fully saturated rings. The first-order chi connectivity index (χ1) is 11.2. The molecule has 0 aromatic carbocycles. The van der Waals surface area contributed by atoms with Gasteiger partial charge in [0.1, 0.15) is 6.26 Å². The lowest BCUT2D eigenvalue weighted by Gasteiger charge is -1.97. The predicted molar refractivity (Wildman–Crippen MR) is 81.8 cm³/mol. The van der Waals surface area contributed by atoms with Crippen LogP contribution in [0.15, 0.2) is 38.8 Å². The molecule has 0 spiro atoms. The maximum absolute atomic E-state index is 5.20. The zero-order chi connectivity index (χ0) is 15.8. The average molecular weight is 328 g/mol. The molecule has 4 heterocycles. The summed E-state index contributed by atoms with van der Waals surface area (Å²) in [5.74, 6) is 2.12. The SMILES string of the molecule is Cc1cc(C)n2nc(SCc3noc(-c4ccoc4)n3)nc2n1. The van der Waals surface area contributed by atoms with Crippen LogP contribution >= 0.6 is 11.8 Å². The Bertz CT molecular complexity index is 959. The minimum Gasteiger partial charge on any atom is -0.472 e. The molecular weight excluding hydrogens is 316 g/mol. The summed E-state index contributed by atoms with van der Waals surface area (Å²) >= 11 is 1.43. The minimum absolute atomic E-state index is 0.436. The van der Waals surface area contributed by atoms with E-state index in [1.807, 2.05) is 19.9 Å². The van der Waals surface area contributed by atoms with E-state index in [0.29, 0.717) is 28.4 Å². The molecule has 4 aromatic heterocycles. The highest BCUT2D eigenvalue weighted by atomic mass is 32.2. The summed E-state index contributed by atoms with van der Waals surface area (Å²) in [5.41, 5.74) is 2.67. The smallest absolute Gasteiger partial charge is 0.261 e. The highest BCUT2D eigenvalue weighted by Gasteiger charge is 2.13. The van der Waals surface area contributed by atoms with Gasteiger partial charge in [-0.3, -0.25) is 0 Å². The normalized spacial score (nSPS) is 11.4. The van der Waals surface area contributed by atoms with Gasteiger partial charge in [-0.25, -0.2) is 9.50 Å². The van der Waals surface area contributed by atoms with Crippen molar-refractivity contribution < 1.29 is 8.94 Å². The molecule has 0 amide bonds. The molecule has 0 aliphatic carbocycles. The maximum Gasteiger partial charge on any atom is 0.261 e. The Labute approximate surface area is 134 Å². The number of aromatic nitrogens is 6. The first kappa shape index (κ1) is 13.9. The molecule has 116 valence electrons. The van der Waals surface area contributed by atoms with Crippen LogP contribution in [0, 0.1) is 13.8 Å². The largest absolute Gasteiger partial charge is 0.472 e. The van der Waals surface area contributed by atoms with Crippen LogP contribution in [0.2, 0.25) is 0 Å². The van der Waals surface area contributed by atoms with Crippen molar-refractivity contribution in [3.8, 4) is 11.5 Å². The van der Waals surface area contributed by atoms with Crippen LogP contribution < -0.4 is 0 Å². The second kappa shape index (κ2) is 5.51. The first-order valence-electron chi connectivity index (χ1n) is 6.88. The van der Waals surface area contributed by atoms with Crippen LogP contribution in [0.3, 0.4) is 0 Å². The van der Waals surface area contributed by atoms with E-state index < -0.39 is 0 Å². The van der Waals surface area contributed by atoms with Crippen LogP contribution in [-0.4, -0.2) is 29.7 Å². The summed E-state index contributed by atoms with van der Waals surface area (Å²) < 4.78 is 11.9. The third kappa shape index (κ3) is 2.70. The van der Waals surface area contributed by atoms with E-state index in [4.69, 9.17) is 8.94 Å². The van der Waals surface area contributed by atoms with Gasteiger partial charge in [-0.05, 0) is 26.0 Å². The van der Waals surface area contributed by atoms with Crippen molar-refractivity contribution in [1.82, 2.24) is 29.7 Å². The van der Waals surface area contributed by atoms with Crippen LogP contribution in [0.1, 0.15) is 17.2 Å². The molecular formula is C14H12N6O2S. The van der Waals surface area contributed by atoms with Gasteiger partial charge in [0.2, 0.25) is 5.16 Å². The van der Waals surface area contributed by atoms with Gasteiger partial charge in [-0.15, -0.1) is 5.10 Å². The van der Waals surface area contributed by atoms with Gasteiger partial charge in [0.05, 0.1) is 17.6 Å². The van der Waals surface area contributed by atoms with Crippen LogP contribution in [0.4, 0.5) is 0 Å². The number of aryl methyl sites for hydroxylation is 2. The second-order valence-electron chi connectivity index (χ2n) is 4.96. The fourth-order valence-corrected chi connectivity index (χ4v) is 2.82. The van der Waals surface area contributed by atoms with E-state index in [1.165, 1.54) is 11.8 Å². The second-order valence-corrected chi connectivity index (χ2v) is 5.90. The van der Waals surface area contributed by atoms with Crippen molar-refractivity contribution >= 4 is 17.5 Å². The fraction of sp³-hybridized carbons (Fsp3) is 0.214. The third-order valence-corrected chi connectivity index (χ3v) is 4.00. The lowest BCUT2D eigenvalue weighted by molar-refractivity contribution is 0.424. The van der Waals surface area contributed by atoms with Crippen LogP contribution in [0.25, 0.3) is 17.2 Å². The number of fused-ring (bicyclic) bond motifs is 1. The summed E-state index contributed by atoms with van der Waals surface area (Å²) in [6.07, 6.45) is 3.12. The van der Waals surface area contributed by atoms with Gasteiger partial charge in [-0.1, -0.05) is 16.9 Å². The number of thioether (sulfide) groups is 1. The van der Waals surface area contributed by atoms with Crippen LogP contribution in [-0.2, 0) is 5.75 Å². The lowest BCUT2D eigenvalue weighted by atomic mass is 10.3. The van der Waals surface area contributed by atoms with E-state index in [2.05, 4.69) is 25.2 Å². The summed E-state index contributed by atoms with van der Waals surface area (Å²) in [4.78, 5) is 13.1. The average Bonchev–Trinajstić information content (AvgIpc) is 3.24. The summed E-state index contributed by atoms with van der Waals surface area (Å²) in [6, 6.07) is 3.73. The zero-order valence-electron chi connectivity index (χ0n) is 12.4. The highest BCUT2D eigenvalue weighted by Crippen LogP contribution is 2.22. The van der Waals surface area contributed by atoms with Gasteiger partial charge < -0.3 is 8.94 Å². The molecule has 0 bridgehead atoms. The quantitative estimate of drug-likeness (QED) is 0.528. The molecule has 9 heteroatoms. The summed E-state index contributed by atoms with van der Waals surface area (Å²) in [5, 5.41) is 9.00. The van der Waals surface area contributed by atoms with Gasteiger partial charge in [-0.2, -0.15) is 9.97 Å². The maximum atomic E-state index is 5.20. The van der Waals surface area contributed by atoms with Gasteiger partial charge in [0.15, 0.2) is 5.82 Å². The number of rotatable bonds is 4. The van der Waals surface area contributed by atoms with E-state index in [1.54, 1.807) is 23.1 Å². The fourth-order valence-electron chi connectivity index (χ4n) is 2.15. The Kier molecular flexibility index (Phi) is 3.34. The van der Waals surface area contributed by atoms with Crippen molar-refractivity contribution in [2.75, 3.05) is 0 Å². The van der Waals surface area contributed by atoms with Crippen molar-refractivity contribution in [2.24, 2.45) is 0 Å². The zero-order valence-corrected chi connectivity index (χ0v) is 13.2.